The molecule has 8 nitrogen and oxygen atoms in total. The molecule has 5 N–H and O–H groups in total. The number of benzene rings is 4. The van der Waals surface area contributed by atoms with Gasteiger partial charge in [-0.05, 0) is 67.8 Å². The first-order chi connectivity index (χ1) is 19.8. The minimum atomic E-state index is -1.48. The molecule has 1 aliphatic rings. The number of rotatable bonds is 4. The largest absolute Gasteiger partial charge is 0.386 e. The van der Waals surface area contributed by atoms with Crippen molar-refractivity contribution in [2.24, 2.45) is 5.73 Å². The van der Waals surface area contributed by atoms with Gasteiger partial charge in [0.25, 0.3) is 11.8 Å². The van der Waals surface area contributed by atoms with Gasteiger partial charge >= 0.3 is 0 Å². The average molecular weight is 587 g/mol. The van der Waals surface area contributed by atoms with Gasteiger partial charge in [0.1, 0.15) is 5.82 Å². The highest BCUT2D eigenvalue weighted by Crippen LogP contribution is 2.45. The summed E-state index contributed by atoms with van der Waals surface area (Å²) in [5.74, 6) is -1.82. The Hall–Kier alpha value is -4.44. The second-order valence-electron chi connectivity index (χ2n) is 11.1. The van der Waals surface area contributed by atoms with Crippen molar-refractivity contribution < 1.29 is 24.2 Å². The number of para-hydroxylation sites is 1. The Bertz CT molecular complexity index is 1960. The van der Waals surface area contributed by atoms with Crippen LogP contribution < -0.4 is 15.5 Å². The number of aliphatic hydroxyl groups excluding tert-OH is 1. The number of amides is 2. The van der Waals surface area contributed by atoms with E-state index in [1.54, 1.807) is 32.9 Å². The predicted molar refractivity (Wildman–Crippen MR) is 162 cm³/mol. The van der Waals surface area contributed by atoms with Crippen LogP contribution in [0.1, 0.15) is 45.7 Å². The molecule has 1 atom stereocenters. The van der Waals surface area contributed by atoms with Crippen LogP contribution in [-0.2, 0) is 5.60 Å². The first-order valence-corrected chi connectivity index (χ1v) is 13.6. The number of fused-ring (bicyclic) bond motifs is 4. The Morgan fingerprint density at radius 2 is 1.79 bits per heavy atom. The fourth-order valence-electron chi connectivity index (χ4n) is 5.85. The SMILES string of the molecule is Cc1c(-c2c(Cl)cc(C(N)=O)c3[nH]c4cc(C(C)(C)O)ccc4c23)cccc1N1C(=O)c2cccc(F)c2N(C)C1O. The molecule has 2 heterocycles. The number of nitrogens with one attached hydrogen (secondary N) is 1. The van der Waals surface area contributed by atoms with Gasteiger partial charge in [0.2, 0.25) is 6.35 Å². The van der Waals surface area contributed by atoms with Crippen LogP contribution in [0, 0.1) is 12.7 Å². The zero-order valence-corrected chi connectivity index (χ0v) is 24.0. The number of halogens is 2. The molecule has 6 rings (SSSR count). The number of aromatic nitrogens is 1. The first kappa shape index (κ1) is 27.7. The molecule has 1 aliphatic heterocycles. The Kier molecular flexibility index (Phi) is 6.31. The molecule has 2 amide bonds. The van der Waals surface area contributed by atoms with E-state index < -0.39 is 29.6 Å². The normalized spacial score (nSPS) is 15.5. The summed E-state index contributed by atoms with van der Waals surface area (Å²) in [7, 11) is 1.52. The van der Waals surface area contributed by atoms with E-state index in [-0.39, 0.29) is 21.8 Å². The van der Waals surface area contributed by atoms with Crippen LogP contribution in [0.15, 0.2) is 60.7 Å². The third-order valence-corrected chi connectivity index (χ3v) is 8.30. The van der Waals surface area contributed by atoms with E-state index in [4.69, 9.17) is 17.3 Å². The molecule has 0 saturated heterocycles. The van der Waals surface area contributed by atoms with E-state index in [1.165, 1.54) is 41.1 Å². The zero-order chi connectivity index (χ0) is 30.2. The maximum Gasteiger partial charge on any atom is 0.264 e. The number of hydrogen-bond donors (Lipinski definition) is 4. The summed E-state index contributed by atoms with van der Waals surface area (Å²) < 4.78 is 14.6. The monoisotopic (exact) mass is 586 g/mol. The molecule has 10 heteroatoms. The molecule has 0 saturated carbocycles. The van der Waals surface area contributed by atoms with Crippen LogP contribution >= 0.6 is 11.6 Å². The molecular weight excluding hydrogens is 559 g/mol. The van der Waals surface area contributed by atoms with Crippen molar-refractivity contribution in [1.29, 1.82) is 0 Å². The van der Waals surface area contributed by atoms with E-state index in [2.05, 4.69) is 4.98 Å². The van der Waals surface area contributed by atoms with Crippen LogP contribution in [0.2, 0.25) is 5.02 Å². The number of primary amides is 1. The summed E-state index contributed by atoms with van der Waals surface area (Å²) in [5.41, 5.74) is 9.09. The summed E-state index contributed by atoms with van der Waals surface area (Å²) >= 11 is 6.88. The molecule has 214 valence electrons. The first-order valence-electron chi connectivity index (χ1n) is 13.2. The quantitative estimate of drug-likeness (QED) is 0.212. The fourth-order valence-corrected chi connectivity index (χ4v) is 6.15. The lowest BCUT2D eigenvalue weighted by Crippen LogP contribution is -2.54. The second-order valence-corrected chi connectivity index (χ2v) is 11.5. The Balaban J connectivity index is 1.61. The summed E-state index contributed by atoms with van der Waals surface area (Å²) in [6.07, 6.45) is -1.48. The van der Waals surface area contributed by atoms with Gasteiger partial charge in [-0.2, -0.15) is 0 Å². The number of carbonyl (C=O) groups is 2. The van der Waals surface area contributed by atoms with Crippen molar-refractivity contribution in [3.8, 4) is 11.1 Å². The van der Waals surface area contributed by atoms with Crippen molar-refractivity contribution in [3.05, 3.63) is 93.8 Å². The third-order valence-electron chi connectivity index (χ3n) is 8.00. The van der Waals surface area contributed by atoms with E-state index in [0.717, 1.165) is 5.39 Å². The molecule has 0 fully saturated rings. The summed E-state index contributed by atoms with van der Waals surface area (Å²) in [4.78, 5) is 31.9. The van der Waals surface area contributed by atoms with Gasteiger partial charge in [-0.3, -0.25) is 14.5 Å². The van der Waals surface area contributed by atoms with Gasteiger partial charge in [-0.25, -0.2) is 4.39 Å². The lowest BCUT2D eigenvalue weighted by molar-refractivity contribution is 0.0786. The van der Waals surface area contributed by atoms with Crippen molar-refractivity contribution in [2.45, 2.75) is 32.7 Å². The van der Waals surface area contributed by atoms with Crippen molar-refractivity contribution in [2.75, 3.05) is 16.8 Å². The number of aromatic amines is 1. The molecule has 1 aromatic heterocycles. The number of nitrogens with two attached hydrogens (primary N) is 1. The number of hydrogen-bond acceptors (Lipinski definition) is 5. The minimum absolute atomic E-state index is 0.0241. The van der Waals surface area contributed by atoms with Crippen LogP contribution in [-0.4, -0.2) is 40.4 Å². The Morgan fingerprint density at radius 1 is 1.10 bits per heavy atom. The molecule has 0 spiro atoms. The van der Waals surface area contributed by atoms with Gasteiger partial charge in [0.05, 0.1) is 33.6 Å². The lowest BCUT2D eigenvalue weighted by atomic mass is 9.91. The highest BCUT2D eigenvalue weighted by atomic mass is 35.5. The number of carbonyl (C=O) groups excluding carboxylic acids is 2. The van der Waals surface area contributed by atoms with Gasteiger partial charge < -0.3 is 25.8 Å². The van der Waals surface area contributed by atoms with E-state index in [1.807, 2.05) is 24.3 Å². The van der Waals surface area contributed by atoms with E-state index >= 15 is 0 Å². The number of H-pyrrole nitrogens is 1. The summed E-state index contributed by atoms with van der Waals surface area (Å²) in [6, 6.07) is 16.5. The summed E-state index contributed by atoms with van der Waals surface area (Å²) in [5, 5.41) is 23.4. The lowest BCUT2D eigenvalue weighted by Gasteiger charge is -2.41. The van der Waals surface area contributed by atoms with Crippen LogP contribution in [0.25, 0.3) is 32.9 Å². The van der Waals surface area contributed by atoms with Gasteiger partial charge in [0.15, 0.2) is 0 Å². The summed E-state index contributed by atoms with van der Waals surface area (Å²) in [6.45, 7) is 5.17. The molecule has 1 unspecified atom stereocenters. The number of aliphatic hydroxyl groups is 2. The molecule has 5 aromatic rings. The molecule has 0 aliphatic carbocycles. The zero-order valence-electron chi connectivity index (χ0n) is 23.3. The van der Waals surface area contributed by atoms with Crippen molar-refractivity contribution in [1.82, 2.24) is 4.98 Å². The van der Waals surface area contributed by atoms with E-state index in [9.17, 15) is 24.2 Å². The fraction of sp³-hybridized carbons (Fsp3) is 0.188. The minimum Gasteiger partial charge on any atom is -0.386 e. The average Bonchev–Trinajstić information content (AvgIpc) is 3.30. The third kappa shape index (κ3) is 4.04. The highest BCUT2D eigenvalue weighted by molar-refractivity contribution is 6.37. The van der Waals surface area contributed by atoms with Gasteiger partial charge in [-0.15, -0.1) is 0 Å². The second kappa shape index (κ2) is 9.55. The van der Waals surface area contributed by atoms with Gasteiger partial charge in [0, 0.05) is 33.9 Å². The molecule has 42 heavy (non-hydrogen) atoms. The molecular formula is C32H28ClFN4O4. The maximum absolute atomic E-state index is 14.6. The number of anilines is 2. The number of nitrogens with zero attached hydrogens (tertiary/aromatic N) is 2. The van der Waals surface area contributed by atoms with Crippen molar-refractivity contribution in [3.63, 3.8) is 0 Å². The standard InChI is InChI=1S/C32H28ClFN4O4/c1-15-17(7-6-10-24(15)38-30(40)19-8-5-9-22(34)28(19)37(4)31(38)41)25-21(33)14-20(29(35)39)27-26(25)18-12-11-16(32(2,3)42)13-23(18)36-27/h5-14,31,36,41-42H,1-4H3,(H2,35,39). The Labute approximate surface area is 245 Å². The van der Waals surface area contributed by atoms with Gasteiger partial charge in [-0.1, -0.05) is 41.9 Å². The van der Waals surface area contributed by atoms with Crippen LogP contribution in [0.3, 0.4) is 0 Å². The maximum atomic E-state index is 14.6. The van der Waals surface area contributed by atoms with Crippen molar-refractivity contribution >= 4 is 56.6 Å². The predicted octanol–water partition coefficient (Wildman–Crippen LogP) is 5.79. The molecule has 0 radical (unpaired) electrons. The molecule has 4 aromatic carbocycles. The topological polar surface area (TPSA) is 123 Å². The smallest absolute Gasteiger partial charge is 0.264 e. The Morgan fingerprint density at radius 3 is 2.48 bits per heavy atom. The highest BCUT2D eigenvalue weighted by Gasteiger charge is 2.38. The van der Waals surface area contributed by atoms with Crippen LogP contribution in [0.4, 0.5) is 15.8 Å². The molecule has 0 bridgehead atoms. The van der Waals surface area contributed by atoms with E-state index in [0.29, 0.717) is 44.4 Å². The van der Waals surface area contributed by atoms with Crippen LogP contribution in [0.5, 0.6) is 0 Å².